The molecular formula is C22H30N4O3. The Morgan fingerprint density at radius 1 is 1.03 bits per heavy atom. The van der Waals surface area contributed by atoms with Gasteiger partial charge in [0.2, 0.25) is 0 Å². The minimum absolute atomic E-state index is 0.0771. The molecule has 1 N–H and O–H groups in total. The molecule has 0 spiro atoms. The molecule has 3 rings (SSSR count). The maximum absolute atomic E-state index is 12.5. The van der Waals surface area contributed by atoms with Crippen LogP contribution in [0.15, 0.2) is 40.8 Å². The molecule has 1 aromatic carbocycles. The molecule has 0 aliphatic carbocycles. The van der Waals surface area contributed by atoms with E-state index in [1.165, 1.54) is 11.3 Å². The van der Waals surface area contributed by atoms with Gasteiger partial charge in [-0.3, -0.25) is 4.79 Å². The van der Waals surface area contributed by atoms with E-state index in [2.05, 4.69) is 36.2 Å². The second-order valence-corrected chi connectivity index (χ2v) is 7.29. The Balaban J connectivity index is 1.44. The number of carbonyl (C=O) groups is 2. The van der Waals surface area contributed by atoms with Crippen molar-refractivity contribution in [2.24, 2.45) is 0 Å². The van der Waals surface area contributed by atoms with Crippen molar-refractivity contribution in [1.29, 1.82) is 0 Å². The number of amides is 3. The van der Waals surface area contributed by atoms with Crippen LogP contribution in [-0.4, -0.2) is 67.6 Å². The van der Waals surface area contributed by atoms with Crippen molar-refractivity contribution in [2.75, 3.05) is 50.7 Å². The van der Waals surface area contributed by atoms with Gasteiger partial charge in [0.05, 0.1) is 0 Å². The lowest BCUT2D eigenvalue weighted by Gasteiger charge is -2.34. The van der Waals surface area contributed by atoms with E-state index in [1.54, 1.807) is 21.9 Å². The molecule has 1 aliphatic heterocycles. The number of para-hydroxylation sites is 1. The van der Waals surface area contributed by atoms with Gasteiger partial charge in [-0.15, -0.1) is 0 Å². The summed E-state index contributed by atoms with van der Waals surface area (Å²) in [6.07, 6.45) is 0. The Kier molecular flexibility index (Phi) is 6.80. The van der Waals surface area contributed by atoms with Crippen molar-refractivity contribution < 1.29 is 14.0 Å². The first-order valence-electron chi connectivity index (χ1n) is 10.2. The minimum atomic E-state index is -0.116. The summed E-state index contributed by atoms with van der Waals surface area (Å²) in [5, 5.41) is 3.01. The molecule has 2 aromatic rings. The normalized spacial score (nSPS) is 14.0. The number of carbonyl (C=O) groups excluding carboxylic acids is 2. The van der Waals surface area contributed by atoms with E-state index in [0.29, 0.717) is 38.5 Å². The Labute approximate surface area is 172 Å². The van der Waals surface area contributed by atoms with Crippen molar-refractivity contribution in [3.8, 4) is 0 Å². The molecule has 29 heavy (non-hydrogen) atoms. The zero-order valence-corrected chi connectivity index (χ0v) is 17.5. The standard InChI is InChI=1S/C22H30N4O3/c1-4-24(19-8-6-5-7-17(19)2)12-11-23-22(28)26-15-13-25(14-16-26)21(27)20-10-9-18(3)29-20/h5-10H,4,11-16H2,1-3H3,(H,23,28). The van der Waals surface area contributed by atoms with Gasteiger partial charge in [-0.2, -0.15) is 0 Å². The van der Waals surface area contributed by atoms with Crippen molar-refractivity contribution in [3.05, 3.63) is 53.5 Å². The largest absolute Gasteiger partial charge is 0.456 e. The molecule has 156 valence electrons. The summed E-state index contributed by atoms with van der Waals surface area (Å²) < 4.78 is 5.42. The van der Waals surface area contributed by atoms with Crippen LogP contribution in [-0.2, 0) is 0 Å². The van der Waals surface area contributed by atoms with Gasteiger partial charge < -0.3 is 24.4 Å². The van der Waals surface area contributed by atoms with Crippen LogP contribution in [0.1, 0.15) is 28.8 Å². The predicted octanol–water partition coefficient (Wildman–Crippen LogP) is 2.89. The average molecular weight is 399 g/mol. The van der Waals surface area contributed by atoms with Gasteiger partial charge in [-0.1, -0.05) is 18.2 Å². The molecule has 0 unspecified atom stereocenters. The van der Waals surface area contributed by atoms with E-state index < -0.39 is 0 Å². The van der Waals surface area contributed by atoms with Crippen molar-refractivity contribution in [1.82, 2.24) is 15.1 Å². The van der Waals surface area contributed by atoms with E-state index in [4.69, 9.17) is 4.42 Å². The Morgan fingerprint density at radius 2 is 1.72 bits per heavy atom. The van der Waals surface area contributed by atoms with Gasteiger partial charge in [0.25, 0.3) is 5.91 Å². The van der Waals surface area contributed by atoms with Crippen LogP contribution in [0, 0.1) is 13.8 Å². The Morgan fingerprint density at radius 3 is 2.34 bits per heavy atom. The maximum Gasteiger partial charge on any atom is 0.317 e. The highest BCUT2D eigenvalue weighted by atomic mass is 16.3. The number of nitrogens with one attached hydrogen (secondary N) is 1. The van der Waals surface area contributed by atoms with E-state index >= 15 is 0 Å². The Hall–Kier alpha value is -2.96. The molecule has 7 heteroatoms. The molecular weight excluding hydrogens is 368 g/mol. The lowest BCUT2D eigenvalue weighted by atomic mass is 10.2. The molecule has 0 saturated carbocycles. The molecule has 1 saturated heterocycles. The summed E-state index contributed by atoms with van der Waals surface area (Å²) in [7, 11) is 0. The second kappa shape index (κ2) is 9.49. The predicted molar refractivity (Wildman–Crippen MR) is 113 cm³/mol. The van der Waals surface area contributed by atoms with Crippen LogP contribution in [0.3, 0.4) is 0 Å². The number of nitrogens with zero attached hydrogens (tertiary/aromatic N) is 3. The number of hydrogen-bond donors (Lipinski definition) is 1. The van der Waals surface area contributed by atoms with Gasteiger partial charge in [0, 0.05) is 51.5 Å². The number of benzene rings is 1. The third kappa shape index (κ3) is 5.10. The first-order chi connectivity index (χ1) is 14.0. The van der Waals surface area contributed by atoms with Crippen molar-refractivity contribution >= 4 is 17.6 Å². The smallest absolute Gasteiger partial charge is 0.317 e. The Bertz CT molecular complexity index is 840. The lowest BCUT2D eigenvalue weighted by molar-refractivity contribution is 0.0633. The van der Waals surface area contributed by atoms with Crippen LogP contribution < -0.4 is 10.2 Å². The molecule has 1 fully saturated rings. The highest BCUT2D eigenvalue weighted by Crippen LogP contribution is 2.18. The van der Waals surface area contributed by atoms with Gasteiger partial charge in [-0.05, 0) is 44.5 Å². The van der Waals surface area contributed by atoms with Crippen LogP contribution in [0.2, 0.25) is 0 Å². The average Bonchev–Trinajstić information content (AvgIpc) is 3.18. The summed E-state index contributed by atoms with van der Waals surface area (Å²) in [4.78, 5) is 30.7. The maximum atomic E-state index is 12.5. The van der Waals surface area contributed by atoms with Crippen LogP contribution in [0.4, 0.5) is 10.5 Å². The van der Waals surface area contributed by atoms with Crippen LogP contribution >= 0.6 is 0 Å². The lowest BCUT2D eigenvalue weighted by Crippen LogP contribution is -2.53. The number of rotatable bonds is 6. The number of furan rings is 1. The number of anilines is 1. The highest BCUT2D eigenvalue weighted by Gasteiger charge is 2.26. The molecule has 2 heterocycles. The molecule has 1 aliphatic rings. The zero-order valence-electron chi connectivity index (χ0n) is 17.5. The number of piperazine rings is 1. The SMILES string of the molecule is CCN(CCNC(=O)N1CCN(C(=O)c2ccc(C)o2)CC1)c1ccccc1C. The molecule has 0 radical (unpaired) electrons. The topological polar surface area (TPSA) is 69.0 Å². The molecule has 1 aromatic heterocycles. The van der Waals surface area contributed by atoms with Crippen LogP contribution in [0.5, 0.6) is 0 Å². The fraction of sp³-hybridized carbons (Fsp3) is 0.455. The van der Waals surface area contributed by atoms with Gasteiger partial charge >= 0.3 is 6.03 Å². The monoisotopic (exact) mass is 398 g/mol. The summed E-state index contributed by atoms with van der Waals surface area (Å²) in [5.41, 5.74) is 2.43. The molecule has 3 amide bonds. The second-order valence-electron chi connectivity index (χ2n) is 7.29. The first kappa shape index (κ1) is 20.8. The number of aryl methyl sites for hydroxylation is 2. The molecule has 0 bridgehead atoms. The first-order valence-corrected chi connectivity index (χ1v) is 10.2. The van der Waals surface area contributed by atoms with E-state index in [1.807, 2.05) is 19.1 Å². The summed E-state index contributed by atoms with van der Waals surface area (Å²) in [6.45, 7) is 10.3. The van der Waals surface area contributed by atoms with Crippen molar-refractivity contribution in [3.63, 3.8) is 0 Å². The third-order valence-electron chi connectivity index (χ3n) is 5.30. The minimum Gasteiger partial charge on any atom is -0.456 e. The van der Waals surface area contributed by atoms with Crippen molar-refractivity contribution in [2.45, 2.75) is 20.8 Å². The number of likely N-dealkylation sites (N-methyl/N-ethyl adjacent to an activating group) is 1. The van der Waals surface area contributed by atoms with Gasteiger partial charge in [0.1, 0.15) is 5.76 Å². The fourth-order valence-corrected chi connectivity index (χ4v) is 3.59. The number of urea groups is 1. The summed E-state index contributed by atoms with van der Waals surface area (Å²) >= 11 is 0. The quantitative estimate of drug-likeness (QED) is 0.812. The third-order valence-corrected chi connectivity index (χ3v) is 5.30. The van der Waals surface area contributed by atoms with E-state index in [0.717, 1.165) is 18.8 Å². The summed E-state index contributed by atoms with van der Waals surface area (Å²) in [6, 6.07) is 11.7. The zero-order chi connectivity index (χ0) is 20.8. The van der Waals surface area contributed by atoms with Gasteiger partial charge in [-0.25, -0.2) is 4.79 Å². The van der Waals surface area contributed by atoms with E-state index in [-0.39, 0.29) is 11.9 Å². The highest BCUT2D eigenvalue weighted by molar-refractivity contribution is 5.91. The summed E-state index contributed by atoms with van der Waals surface area (Å²) in [5.74, 6) is 0.962. The number of hydrogen-bond acceptors (Lipinski definition) is 4. The molecule has 7 nitrogen and oxygen atoms in total. The van der Waals surface area contributed by atoms with E-state index in [9.17, 15) is 9.59 Å². The van der Waals surface area contributed by atoms with Gasteiger partial charge in [0.15, 0.2) is 5.76 Å². The van der Waals surface area contributed by atoms with Crippen LogP contribution in [0.25, 0.3) is 0 Å². The fourth-order valence-electron chi connectivity index (χ4n) is 3.59. The molecule has 0 atom stereocenters.